The minimum absolute atomic E-state index is 0.662. The van der Waals surface area contributed by atoms with E-state index in [0.29, 0.717) is 11.6 Å². The second-order valence-corrected chi connectivity index (χ2v) is 5.11. The van der Waals surface area contributed by atoms with Crippen molar-refractivity contribution in [2.24, 2.45) is 0 Å². The van der Waals surface area contributed by atoms with Gasteiger partial charge in [0.05, 0.1) is 10.7 Å². The molecule has 0 unspecified atom stereocenters. The van der Waals surface area contributed by atoms with Crippen LogP contribution in [0.5, 0.6) is 0 Å². The third-order valence-corrected chi connectivity index (χ3v) is 3.67. The molecule has 2 rings (SSSR count). The Morgan fingerprint density at radius 1 is 1.15 bits per heavy atom. The van der Waals surface area contributed by atoms with Gasteiger partial charge in [-0.05, 0) is 43.3 Å². The highest BCUT2D eigenvalue weighted by Crippen LogP contribution is 2.25. The quantitative estimate of drug-likeness (QED) is 0.908. The Labute approximate surface area is 125 Å². The van der Waals surface area contributed by atoms with Crippen LogP contribution in [0.2, 0.25) is 5.02 Å². The number of aromatic nitrogens is 1. The Bertz CT molecular complexity index is 566. The molecular formula is C16H20ClN3. The molecule has 0 aliphatic heterocycles. The lowest BCUT2D eigenvalue weighted by atomic mass is 10.1. The second kappa shape index (κ2) is 6.73. The third kappa shape index (κ3) is 3.30. The van der Waals surface area contributed by atoms with Crippen LogP contribution in [-0.4, -0.2) is 19.1 Å². The highest BCUT2D eigenvalue weighted by Gasteiger charge is 2.08. The third-order valence-electron chi connectivity index (χ3n) is 3.32. The van der Waals surface area contributed by atoms with E-state index < -0.39 is 0 Å². The molecule has 0 saturated heterocycles. The fourth-order valence-electron chi connectivity index (χ4n) is 2.04. The number of aryl methyl sites for hydroxylation is 1. The van der Waals surface area contributed by atoms with E-state index in [0.717, 1.165) is 23.6 Å². The summed E-state index contributed by atoms with van der Waals surface area (Å²) in [5, 5.41) is 3.77. The van der Waals surface area contributed by atoms with Crippen LogP contribution in [0.25, 0.3) is 0 Å². The van der Waals surface area contributed by atoms with Crippen LogP contribution in [0.3, 0.4) is 0 Å². The predicted molar refractivity (Wildman–Crippen MR) is 85.9 cm³/mol. The molecule has 1 aromatic carbocycles. The lowest BCUT2D eigenvalue weighted by molar-refractivity contribution is 0.790. The Morgan fingerprint density at radius 3 is 2.45 bits per heavy atom. The van der Waals surface area contributed by atoms with Crippen LogP contribution >= 0.6 is 11.6 Å². The molecule has 0 bridgehead atoms. The van der Waals surface area contributed by atoms with E-state index in [-0.39, 0.29) is 0 Å². The van der Waals surface area contributed by atoms with Gasteiger partial charge in [0.25, 0.3) is 0 Å². The van der Waals surface area contributed by atoms with Crippen molar-refractivity contribution in [2.45, 2.75) is 19.9 Å². The topological polar surface area (TPSA) is 28.2 Å². The summed E-state index contributed by atoms with van der Waals surface area (Å²) < 4.78 is 0. The second-order valence-electron chi connectivity index (χ2n) is 4.71. The van der Waals surface area contributed by atoms with Gasteiger partial charge in [-0.25, -0.2) is 4.98 Å². The average Bonchev–Trinajstić information content (AvgIpc) is 2.49. The number of benzene rings is 1. The van der Waals surface area contributed by atoms with E-state index in [1.54, 1.807) is 0 Å². The van der Waals surface area contributed by atoms with Gasteiger partial charge in [-0.15, -0.1) is 0 Å². The SMILES string of the molecule is CCc1ccc(N(C)c2ccc(Cl)c(CNC)n2)cc1. The van der Waals surface area contributed by atoms with E-state index in [9.17, 15) is 0 Å². The van der Waals surface area contributed by atoms with Crippen LogP contribution in [0, 0.1) is 0 Å². The van der Waals surface area contributed by atoms with Crippen molar-refractivity contribution >= 4 is 23.1 Å². The molecule has 4 heteroatoms. The van der Waals surface area contributed by atoms with Gasteiger partial charge in [-0.2, -0.15) is 0 Å². The molecule has 1 aromatic heterocycles. The summed E-state index contributed by atoms with van der Waals surface area (Å²) in [5.74, 6) is 0.892. The Morgan fingerprint density at radius 2 is 1.85 bits per heavy atom. The van der Waals surface area contributed by atoms with Crippen LogP contribution < -0.4 is 10.2 Å². The number of anilines is 2. The van der Waals surface area contributed by atoms with E-state index in [1.165, 1.54) is 5.56 Å². The van der Waals surface area contributed by atoms with E-state index >= 15 is 0 Å². The first kappa shape index (κ1) is 14.8. The number of nitrogens with zero attached hydrogens (tertiary/aromatic N) is 2. The predicted octanol–water partition coefficient (Wildman–Crippen LogP) is 3.78. The molecule has 2 aromatic rings. The van der Waals surface area contributed by atoms with E-state index in [4.69, 9.17) is 11.6 Å². The fourth-order valence-corrected chi connectivity index (χ4v) is 2.21. The minimum atomic E-state index is 0.662. The van der Waals surface area contributed by atoms with Crippen molar-refractivity contribution in [3.8, 4) is 0 Å². The van der Waals surface area contributed by atoms with Crippen LogP contribution in [0.4, 0.5) is 11.5 Å². The Balaban J connectivity index is 2.27. The summed E-state index contributed by atoms with van der Waals surface area (Å²) in [6.07, 6.45) is 1.05. The van der Waals surface area contributed by atoms with E-state index in [1.807, 2.05) is 26.2 Å². The van der Waals surface area contributed by atoms with Gasteiger partial charge in [-0.1, -0.05) is 30.7 Å². The Hall–Kier alpha value is -1.58. The summed E-state index contributed by atoms with van der Waals surface area (Å²) in [5.41, 5.74) is 3.32. The maximum atomic E-state index is 6.14. The van der Waals surface area contributed by atoms with Gasteiger partial charge >= 0.3 is 0 Å². The zero-order valence-corrected chi connectivity index (χ0v) is 12.9. The van der Waals surface area contributed by atoms with Gasteiger partial charge in [0.15, 0.2) is 0 Å². The standard InChI is InChI=1S/C16H20ClN3/c1-4-12-5-7-13(8-6-12)20(3)16-10-9-14(17)15(19-16)11-18-2/h5-10,18H,4,11H2,1-3H3. The smallest absolute Gasteiger partial charge is 0.133 e. The lowest BCUT2D eigenvalue weighted by Gasteiger charge is -2.19. The molecule has 0 aliphatic carbocycles. The van der Waals surface area contributed by atoms with Crippen molar-refractivity contribution in [3.63, 3.8) is 0 Å². The van der Waals surface area contributed by atoms with Gasteiger partial charge in [0.1, 0.15) is 5.82 Å². The Kier molecular flexibility index (Phi) is 4.99. The summed E-state index contributed by atoms with van der Waals surface area (Å²) in [6.45, 7) is 2.82. The van der Waals surface area contributed by atoms with Crippen LogP contribution in [0.1, 0.15) is 18.2 Å². The highest BCUT2D eigenvalue weighted by molar-refractivity contribution is 6.31. The zero-order chi connectivity index (χ0) is 14.5. The molecule has 0 radical (unpaired) electrons. The molecule has 0 fully saturated rings. The van der Waals surface area contributed by atoms with Gasteiger partial charge in [0, 0.05) is 19.3 Å². The number of pyridine rings is 1. The highest BCUT2D eigenvalue weighted by atomic mass is 35.5. The summed E-state index contributed by atoms with van der Waals surface area (Å²) in [4.78, 5) is 6.68. The molecule has 3 nitrogen and oxygen atoms in total. The number of rotatable bonds is 5. The number of hydrogen-bond acceptors (Lipinski definition) is 3. The van der Waals surface area contributed by atoms with Crippen molar-refractivity contribution in [1.29, 1.82) is 0 Å². The summed E-state index contributed by atoms with van der Waals surface area (Å²) in [7, 11) is 3.90. The molecule has 1 N–H and O–H groups in total. The molecule has 20 heavy (non-hydrogen) atoms. The molecule has 0 atom stereocenters. The van der Waals surface area contributed by atoms with Crippen molar-refractivity contribution in [1.82, 2.24) is 10.3 Å². The van der Waals surface area contributed by atoms with Gasteiger partial charge in [0.2, 0.25) is 0 Å². The molecule has 106 valence electrons. The van der Waals surface area contributed by atoms with Crippen LogP contribution in [0.15, 0.2) is 36.4 Å². The van der Waals surface area contributed by atoms with Crippen LogP contribution in [-0.2, 0) is 13.0 Å². The zero-order valence-electron chi connectivity index (χ0n) is 12.2. The molecule has 0 aliphatic rings. The van der Waals surface area contributed by atoms with Gasteiger partial charge in [-0.3, -0.25) is 0 Å². The number of halogens is 1. The summed E-state index contributed by atoms with van der Waals surface area (Å²) in [6, 6.07) is 12.4. The maximum absolute atomic E-state index is 6.14. The number of nitrogens with one attached hydrogen (secondary N) is 1. The van der Waals surface area contributed by atoms with Crippen molar-refractivity contribution in [2.75, 3.05) is 19.0 Å². The fraction of sp³-hybridized carbons (Fsp3) is 0.312. The first-order valence-electron chi connectivity index (χ1n) is 6.78. The average molecular weight is 290 g/mol. The van der Waals surface area contributed by atoms with Crippen molar-refractivity contribution in [3.05, 3.63) is 52.7 Å². The molecule has 0 spiro atoms. The monoisotopic (exact) mass is 289 g/mol. The van der Waals surface area contributed by atoms with Crippen molar-refractivity contribution < 1.29 is 0 Å². The first-order chi connectivity index (χ1) is 9.65. The first-order valence-corrected chi connectivity index (χ1v) is 7.16. The summed E-state index contributed by atoms with van der Waals surface area (Å²) >= 11 is 6.14. The normalized spacial score (nSPS) is 10.6. The minimum Gasteiger partial charge on any atom is -0.329 e. The molecule has 0 saturated carbocycles. The molecular weight excluding hydrogens is 270 g/mol. The number of hydrogen-bond donors (Lipinski definition) is 1. The molecule has 0 amide bonds. The maximum Gasteiger partial charge on any atom is 0.133 e. The van der Waals surface area contributed by atoms with Gasteiger partial charge < -0.3 is 10.2 Å². The molecule has 1 heterocycles. The van der Waals surface area contributed by atoms with E-state index in [2.05, 4.69) is 46.4 Å². The largest absolute Gasteiger partial charge is 0.329 e. The lowest BCUT2D eigenvalue weighted by Crippen LogP contribution is -2.14.